The maximum atomic E-state index is 12.5. The van der Waals surface area contributed by atoms with Crippen LogP contribution in [0.1, 0.15) is 23.7 Å². The lowest BCUT2D eigenvalue weighted by molar-refractivity contribution is -0.117. The molecule has 0 spiro atoms. The quantitative estimate of drug-likeness (QED) is 0.599. The van der Waals surface area contributed by atoms with Gasteiger partial charge in [-0.3, -0.25) is 4.79 Å². The molecule has 3 heterocycles. The molecular formula is C21H18N4O2. The lowest BCUT2D eigenvalue weighted by Gasteiger charge is -2.16. The molecule has 6 heteroatoms. The molecule has 1 aliphatic rings. The summed E-state index contributed by atoms with van der Waals surface area (Å²) in [5.41, 5.74) is 3.89. The van der Waals surface area contributed by atoms with Crippen molar-refractivity contribution in [1.29, 1.82) is 0 Å². The SMILES string of the molecule is Cc1ccc(N2CC(c3noc(-c4cc5ccccc5[nH]4)n3)CC2=O)cc1. The van der Waals surface area contributed by atoms with Crippen molar-refractivity contribution in [2.45, 2.75) is 19.3 Å². The normalized spacial score (nSPS) is 17.1. The maximum Gasteiger partial charge on any atom is 0.274 e. The van der Waals surface area contributed by atoms with Gasteiger partial charge >= 0.3 is 0 Å². The number of carbonyl (C=O) groups excluding carboxylic acids is 1. The molecule has 0 radical (unpaired) electrons. The van der Waals surface area contributed by atoms with E-state index in [4.69, 9.17) is 4.52 Å². The minimum atomic E-state index is -0.0688. The molecule has 2 aromatic carbocycles. The Morgan fingerprint density at radius 1 is 1.15 bits per heavy atom. The number of carbonyl (C=O) groups is 1. The predicted octanol–water partition coefficient (Wildman–Crippen LogP) is 4.05. The number of anilines is 1. The summed E-state index contributed by atoms with van der Waals surface area (Å²) in [5, 5.41) is 5.23. The second-order valence-electron chi connectivity index (χ2n) is 6.97. The van der Waals surface area contributed by atoms with Gasteiger partial charge in [-0.2, -0.15) is 4.98 Å². The van der Waals surface area contributed by atoms with Crippen LogP contribution in [0.5, 0.6) is 0 Å². The summed E-state index contributed by atoms with van der Waals surface area (Å²) in [7, 11) is 0. The van der Waals surface area contributed by atoms with Crippen molar-refractivity contribution in [1.82, 2.24) is 15.1 Å². The highest BCUT2D eigenvalue weighted by Crippen LogP contribution is 2.32. The Labute approximate surface area is 155 Å². The summed E-state index contributed by atoms with van der Waals surface area (Å²) in [6.45, 7) is 2.59. The number of benzene rings is 2. The van der Waals surface area contributed by atoms with E-state index in [1.807, 2.05) is 61.5 Å². The van der Waals surface area contributed by atoms with Crippen molar-refractivity contribution in [3.8, 4) is 11.6 Å². The molecule has 5 rings (SSSR count). The van der Waals surface area contributed by atoms with Crippen LogP contribution in [0.4, 0.5) is 5.69 Å². The van der Waals surface area contributed by atoms with E-state index in [2.05, 4.69) is 15.1 Å². The Balaban J connectivity index is 1.40. The van der Waals surface area contributed by atoms with Gasteiger partial charge in [-0.1, -0.05) is 41.1 Å². The van der Waals surface area contributed by atoms with Gasteiger partial charge in [-0.25, -0.2) is 0 Å². The van der Waals surface area contributed by atoms with Gasteiger partial charge in [0.25, 0.3) is 5.89 Å². The average Bonchev–Trinajstić information content (AvgIpc) is 3.39. The van der Waals surface area contributed by atoms with Crippen molar-refractivity contribution in [2.24, 2.45) is 0 Å². The fraction of sp³-hybridized carbons (Fsp3) is 0.190. The molecule has 1 N–H and O–H groups in total. The average molecular weight is 358 g/mol. The summed E-state index contributed by atoms with van der Waals surface area (Å²) >= 11 is 0. The summed E-state index contributed by atoms with van der Waals surface area (Å²) < 4.78 is 5.46. The van der Waals surface area contributed by atoms with Gasteiger partial charge in [-0.05, 0) is 31.2 Å². The fourth-order valence-electron chi connectivity index (χ4n) is 3.55. The van der Waals surface area contributed by atoms with Crippen molar-refractivity contribution < 1.29 is 9.32 Å². The number of aromatic nitrogens is 3. The van der Waals surface area contributed by atoms with E-state index < -0.39 is 0 Å². The first-order valence-corrected chi connectivity index (χ1v) is 8.96. The minimum absolute atomic E-state index is 0.0688. The van der Waals surface area contributed by atoms with E-state index in [9.17, 15) is 4.79 Å². The van der Waals surface area contributed by atoms with Crippen LogP contribution < -0.4 is 4.90 Å². The predicted molar refractivity (Wildman–Crippen MR) is 102 cm³/mol. The molecule has 134 valence electrons. The minimum Gasteiger partial charge on any atom is -0.351 e. The third-order valence-electron chi connectivity index (χ3n) is 5.04. The van der Waals surface area contributed by atoms with E-state index in [-0.39, 0.29) is 11.8 Å². The number of hydrogen-bond acceptors (Lipinski definition) is 4. The number of para-hydroxylation sites is 1. The van der Waals surface area contributed by atoms with Gasteiger partial charge in [0.1, 0.15) is 5.69 Å². The summed E-state index contributed by atoms with van der Waals surface area (Å²) in [6, 6.07) is 18.0. The molecule has 1 fully saturated rings. The molecule has 1 amide bonds. The van der Waals surface area contributed by atoms with Crippen LogP contribution >= 0.6 is 0 Å². The first-order valence-electron chi connectivity index (χ1n) is 8.96. The van der Waals surface area contributed by atoms with Gasteiger partial charge < -0.3 is 14.4 Å². The number of aromatic amines is 1. The van der Waals surface area contributed by atoms with Crippen LogP contribution in [0, 0.1) is 6.92 Å². The van der Waals surface area contributed by atoms with Crippen molar-refractivity contribution in [3.05, 3.63) is 66.0 Å². The smallest absolute Gasteiger partial charge is 0.274 e. The third kappa shape index (κ3) is 2.79. The first kappa shape index (κ1) is 15.8. The molecule has 0 bridgehead atoms. The molecule has 27 heavy (non-hydrogen) atoms. The lowest BCUT2D eigenvalue weighted by Crippen LogP contribution is -2.24. The number of nitrogens with one attached hydrogen (secondary N) is 1. The monoisotopic (exact) mass is 358 g/mol. The summed E-state index contributed by atoms with van der Waals surface area (Å²) in [5.74, 6) is 1.04. The number of fused-ring (bicyclic) bond motifs is 1. The van der Waals surface area contributed by atoms with E-state index >= 15 is 0 Å². The van der Waals surface area contributed by atoms with Crippen molar-refractivity contribution >= 4 is 22.5 Å². The highest BCUT2D eigenvalue weighted by atomic mass is 16.5. The zero-order chi connectivity index (χ0) is 18.4. The van der Waals surface area contributed by atoms with Crippen LogP contribution in [-0.4, -0.2) is 27.6 Å². The fourth-order valence-corrected chi connectivity index (χ4v) is 3.55. The van der Waals surface area contributed by atoms with Crippen LogP contribution in [0.3, 0.4) is 0 Å². The van der Waals surface area contributed by atoms with E-state index in [0.717, 1.165) is 22.3 Å². The molecule has 2 aromatic heterocycles. The Hall–Kier alpha value is -3.41. The van der Waals surface area contributed by atoms with Crippen LogP contribution in [0.2, 0.25) is 0 Å². The van der Waals surface area contributed by atoms with E-state index in [0.29, 0.717) is 24.7 Å². The highest BCUT2D eigenvalue weighted by molar-refractivity contribution is 5.96. The first-order chi connectivity index (χ1) is 13.2. The standard InChI is InChI=1S/C21H18N4O2/c1-13-6-8-16(9-7-13)25-12-15(11-19(25)26)20-23-21(27-24-20)18-10-14-4-2-3-5-17(14)22-18/h2-10,15,22H,11-12H2,1H3. The van der Waals surface area contributed by atoms with Crippen molar-refractivity contribution in [2.75, 3.05) is 11.4 Å². The molecule has 4 aromatic rings. The van der Waals surface area contributed by atoms with Crippen LogP contribution in [-0.2, 0) is 4.79 Å². The second kappa shape index (κ2) is 6.09. The van der Waals surface area contributed by atoms with Gasteiger partial charge in [-0.15, -0.1) is 0 Å². The largest absolute Gasteiger partial charge is 0.351 e. The Bertz CT molecular complexity index is 1090. The summed E-state index contributed by atoms with van der Waals surface area (Å²) in [4.78, 5) is 22.1. The van der Waals surface area contributed by atoms with Crippen LogP contribution in [0.15, 0.2) is 59.1 Å². The number of aryl methyl sites for hydroxylation is 1. The number of hydrogen-bond donors (Lipinski definition) is 1. The summed E-state index contributed by atoms with van der Waals surface area (Å²) in [6.07, 6.45) is 0.388. The maximum absolute atomic E-state index is 12.5. The molecule has 1 saturated heterocycles. The van der Waals surface area contributed by atoms with Gasteiger partial charge in [0, 0.05) is 35.5 Å². The van der Waals surface area contributed by atoms with Gasteiger partial charge in [0.15, 0.2) is 5.82 Å². The lowest BCUT2D eigenvalue weighted by atomic mass is 10.1. The third-order valence-corrected chi connectivity index (χ3v) is 5.04. The van der Waals surface area contributed by atoms with E-state index in [1.54, 1.807) is 4.90 Å². The topological polar surface area (TPSA) is 75.0 Å². The zero-order valence-corrected chi connectivity index (χ0v) is 14.8. The second-order valence-corrected chi connectivity index (χ2v) is 6.97. The van der Waals surface area contributed by atoms with Gasteiger partial charge in [0.05, 0.1) is 0 Å². The Morgan fingerprint density at radius 3 is 2.78 bits per heavy atom. The highest BCUT2D eigenvalue weighted by Gasteiger charge is 2.34. The molecule has 0 aliphatic carbocycles. The number of rotatable bonds is 3. The van der Waals surface area contributed by atoms with Crippen molar-refractivity contribution in [3.63, 3.8) is 0 Å². The molecule has 1 atom stereocenters. The molecule has 6 nitrogen and oxygen atoms in total. The zero-order valence-electron chi connectivity index (χ0n) is 14.8. The Kier molecular flexibility index (Phi) is 3.57. The molecule has 1 aliphatic heterocycles. The Morgan fingerprint density at radius 2 is 1.96 bits per heavy atom. The molecular weight excluding hydrogens is 340 g/mol. The van der Waals surface area contributed by atoms with E-state index in [1.165, 1.54) is 5.56 Å². The number of nitrogens with zero attached hydrogens (tertiary/aromatic N) is 3. The molecule has 1 unspecified atom stereocenters. The van der Waals surface area contributed by atoms with Crippen LogP contribution in [0.25, 0.3) is 22.5 Å². The van der Waals surface area contributed by atoms with Gasteiger partial charge in [0.2, 0.25) is 5.91 Å². The number of amides is 1. The molecule has 0 saturated carbocycles. The number of H-pyrrole nitrogens is 1.